The Hall–Kier alpha value is -2.15. The summed E-state index contributed by atoms with van der Waals surface area (Å²) < 4.78 is 0. The number of rotatable bonds is 4. The molecular weight excluding hydrogens is 274 g/mol. The highest BCUT2D eigenvalue weighted by Gasteiger charge is 2.35. The highest BCUT2D eigenvalue weighted by Crippen LogP contribution is 2.31. The molecule has 1 aromatic carbocycles. The normalized spacial score (nSPS) is 16.7. The Kier molecular flexibility index (Phi) is 4.13. The molecule has 1 amide bonds. The molecule has 1 aromatic rings. The van der Waals surface area contributed by atoms with Gasteiger partial charge in [0.15, 0.2) is 0 Å². The maximum absolute atomic E-state index is 12.5. The fraction of sp³-hybridized carbons (Fsp3) is 0.500. The molecule has 1 aliphatic carbocycles. The third kappa shape index (κ3) is 3.13. The average molecular weight is 293 g/mol. The van der Waals surface area contributed by atoms with E-state index in [-0.39, 0.29) is 23.5 Å². The summed E-state index contributed by atoms with van der Waals surface area (Å²) >= 11 is 0. The lowest BCUT2D eigenvalue weighted by molar-refractivity contribution is -0.385. The Labute approximate surface area is 122 Å². The Balaban J connectivity index is 2.25. The number of amides is 1. The molecule has 2 rings (SSSR count). The van der Waals surface area contributed by atoms with Crippen molar-refractivity contribution < 1.29 is 14.8 Å². The van der Waals surface area contributed by atoms with Gasteiger partial charge in [0.2, 0.25) is 0 Å². The monoisotopic (exact) mass is 293 g/mol. The largest absolute Gasteiger partial charge is 0.398 e. The van der Waals surface area contributed by atoms with Crippen molar-refractivity contribution in [2.45, 2.75) is 31.3 Å². The third-order valence-corrected chi connectivity index (χ3v) is 3.90. The summed E-state index contributed by atoms with van der Waals surface area (Å²) in [6, 6.07) is 4.15. The molecule has 7 heteroatoms. The van der Waals surface area contributed by atoms with Gasteiger partial charge in [0.05, 0.1) is 16.2 Å². The van der Waals surface area contributed by atoms with Gasteiger partial charge in [0.1, 0.15) is 5.56 Å². The molecule has 7 nitrogen and oxygen atoms in total. The van der Waals surface area contributed by atoms with Gasteiger partial charge in [-0.2, -0.15) is 0 Å². The fourth-order valence-electron chi connectivity index (χ4n) is 2.84. The number of aliphatic hydroxyl groups is 1. The van der Waals surface area contributed by atoms with Crippen LogP contribution in [0.25, 0.3) is 0 Å². The van der Waals surface area contributed by atoms with E-state index in [1.54, 1.807) is 0 Å². The number of nitrogens with zero attached hydrogens (tertiary/aromatic N) is 2. The number of carbonyl (C=O) groups is 1. The summed E-state index contributed by atoms with van der Waals surface area (Å²) in [4.78, 5) is 24.2. The number of benzene rings is 1. The zero-order valence-corrected chi connectivity index (χ0v) is 11.9. The first kappa shape index (κ1) is 15.2. The molecule has 0 heterocycles. The van der Waals surface area contributed by atoms with Crippen molar-refractivity contribution in [1.82, 2.24) is 4.90 Å². The van der Waals surface area contributed by atoms with Gasteiger partial charge in [-0.15, -0.1) is 0 Å². The van der Waals surface area contributed by atoms with Gasteiger partial charge in [0, 0.05) is 19.7 Å². The number of hydrogen-bond acceptors (Lipinski definition) is 5. The van der Waals surface area contributed by atoms with E-state index in [0.717, 1.165) is 12.8 Å². The Morgan fingerprint density at radius 3 is 2.67 bits per heavy atom. The molecule has 0 aromatic heterocycles. The minimum Gasteiger partial charge on any atom is -0.398 e. The van der Waals surface area contributed by atoms with Gasteiger partial charge in [-0.1, -0.05) is 18.9 Å². The maximum Gasteiger partial charge on any atom is 0.284 e. The number of nitrogens with two attached hydrogens (primary N) is 1. The zero-order valence-electron chi connectivity index (χ0n) is 11.9. The van der Waals surface area contributed by atoms with Gasteiger partial charge in [-0.3, -0.25) is 14.9 Å². The zero-order chi connectivity index (χ0) is 15.6. The van der Waals surface area contributed by atoms with Crippen LogP contribution in [0, 0.1) is 10.1 Å². The Morgan fingerprint density at radius 1 is 1.48 bits per heavy atom. The van der Waals surface area contributed by atoms with Crippen LogP contribution in [-0.4, -0.2) is 40.0 Å². The van der Waals surface area contributed by atoms with Crippen molar-refractivity contribution >= 4 is 17.3 Å². The third-order valence-electron chi connectivity index (χ3n) is 3.90. The van der Waals surface area contributed by atoms with Crippen molar-refractivity contribution in [1.29, 1.82) is 0 Å². The number of nitrogen functional groups attached to an aromatic ring is 1. The molecular formula is C14H19N3O4. The molecule has 0 radical (unpaired) electrons. The van der Waals surface area contributed by atoms with Crippen LogP contribution in [0.1, 0.15) is 36.0 Å². The fourth-order valence-corrected chi connectivity index (χ4v) is 2.84. The summed E-state index contributed by atoms with van der Waals surface area (Å²) in [5.41, 5.74) is 4.46. The van der Waals surface area contributed by atoms with Crippen LogP contribution in [0.4, 0.5) is 11.4 Å². The first-order chi connectivity index (χ1) is 9.84. The van der Waals surface area contributed by atoms with Gasteiger partial charge in [-0.25, -0.2) is 0 Å². The van der Waals surface area contributed by atoms with Crippen LogP contribution >= 0.6 is 0 Å². The molecule has 0 spiro atoms. The van der Waals surface area contributed by atoms with E-state index in [1.807, 2.05) is 0 Å². The van der Waals surface area contributed by atoms with Crippen molar-refractivity contribution in [2.24, 2.45) is 0 Å². The smallest absolute Gasteiger partial charge is 0.284 e. The molecule has 21 heavy (non-hydrogen) atoms. The van der Waals surface area contributed by atoms with Crippen LogP contribution in [0.3, 0.4) is 0 Å². The highest BCUT2D eigenvalue weighted by molar-refractivity contribution is 6.02. The topological polar surface area (TPSA) is 110 Å². The van der Waals surface area contributed by atoms with Gasteiger partial charge in [-0.05, 0) is 18.9 Å². The molecule has 0 aliphatic heterocycles. The summed E-state index contributed by atoms with van der Waals surface area (Å²) in [6.45, 7) is 0.150. The Morgan fingerprint density at radius 2 is 2.10 bits per heavy atom. The van der Waals surface area contributed by atoms with Crippen LogP contribution in [0.2, 0.25) is 0 Å². The lowest BCUT2D eigenvalue weighted by atomic mass is 10.0. The minimum absolute atomic E-state index is 0.0689. The second kappa shape index (κ2) is 5.69. The molecule has 1 aliphatic rings. The van der Waals surface area contributed by atoms with Crippen LogP contribution < -0.4 is 5.73 Å². The Bertz CT molecular complexity index is 567. The van der Waals surface area contributed by atoms with Crippen LogP contribution in [-0.2, 0) is 0 Å². The van der Waals surface area contributed by atoms with E-state index in [4.69, 9.17) is 5.73 Å². The predicted molar refractivity (Wildman–Crippen MR) is 77.9 cm³/mol. The minimum atomic E-state index is -0.900. The maximum atomic E-state index is 12.5. The molecule has 3 N–H and O–H groups in total. The molecule has 1 fully saturated rings. The molecule has 114 valence electrons. The van der Waals surface area contributed by atoms with Crippen LogP contribution in [0.15, 0.2) is 18.2 Å². The number of likely N-dealkylation sites (N-methyl/N-ethyl adjacent to an activating group) is 1. The first-order valence-electron chi connectivity index (χ1n) is 6.85. The van der Waals surface area contributed by atoms with Gasteiger partial charge in [0.25, 0.3) is 11.6 Å². The summed E-state index contributed by atoms with van der Waals surface area (Å²) in [6.07, 6.45) is 3.12. The number of hydrogen-bond donors (Lipinski definition) is 2. The summed E-state index contributed by atoms with van der Waals surface area (Å²) in [5.74, 6) is -0.542. The number of anilines is 1. The summed E-state index contributed by atoms with van der Waals surface area (Å²) in [7, 11) is 1.52. The predicted octanol–water partition coefficient (Wildman–Crippen LogP) is 1.55. The molecule has 1 saturated carbocycles. The lowest BCUT2D eigenvalue weighted by Crippen LogP contribution is -2.42. The van der Waals surface area contributed by atoms with E-state index in [2.05, 4.69) is 0 Å². The second-order valence-corrected chi connectivity index (χ2v) is 5.59. The quantitative estimate of drug-likeness (QED) is 0.497. The standard InChI is InChI=1S/C14H19N3O4/c1-16(9-14(19)7-2-3-8-14)13(18)12-10(15)5-4-6-11(12)17(20)21/h4-6,19H,2-3,7-9,15H2,1H3. The average Bonchev–Trinajstić information content (AvgIpc) is 2.84. The second-order valence-electron chi connectivity index (χ2n) is 5.59. The van der Waals surface area contributed by atoms with E-state index in [9.17, 15) is 20.0 Å². The van der Waals surface area contributed by atoms with E-state index < -0.39 is 16.4 Å². The molecule has 0 unspecified atom stereocenters. The number of carbonyl (C=O) groups excluding carboxylic acids is 1. The van der Waals surface area contributed by atoms with Crippen molar-refractivity contribution in [3.05, 3.63) is 33.9 Å². The SMILES string of the molecule is CN(CC1(O)CCCC1)C(=O)c1c(N)cccc1[N+](=O)[O-]. The van der Waals surface area contributed by atoms with Crippen LogP contribution in [0.5, 0.6) is 0 Å². The van der Waals surface area contributed by atoms with Crippen molar-refractivity contribution in [3.63, 3.8) is 0 Å². The van der Waals surface area contributed by atoms with E-state index in [0.29, 0.717) is 12.8 Å². The number of nitro benzene ring substituents is 1. The highest BCUT2D eigenvalue weighted by atomic mass is 16.6. The number of nitro groups is 1. The van der Waals surface area contributed by atoms with Gasteiger partial charge < -0.3 is 15.7 Å². The van der Waals surface area contributed by atoms with Crippen molar-refractivity contribution in [3.8, 4) is 0 Å². The van der Waals surface area contributed by atoms with Crippen molar-refractivity contribution in [2.75, 3.05) is 19.3 Å². The van der Waals surface area contributed by atoms with Gasteiger partial charge >= 0.3 is 0 Å². The molecule has 0 atom stereocenters. The first-order valence-corrected chi connectivity index (χ1v) is 6.85. The molecule has 0 saturated heterocycles. The van der Waals surface area contributed by atoms with E-state index >= 15 is 0 Å². The van der Waals surface area contributed by atoms with E-state index in [1.165, 1.54) is 30.1 Å². The lowest BCUT2D eigenvalue weighted by Gasteiger charge is -2.28. The summed E-state index contributed by atoms with van der Waals surface area (Å²) in [5, 5.41) is 21.4. The molecule has 0 bridgehead atoms.